The standard InChI is InChI=1S/C16H22FN3/c1-13(11-18-2)14-4-5-15(16(17)10-14)12-20-8-6-19(3)7-9-20/h4-5,10-11H,2,6-9,12H2,1,3H3/b13-11+. The molecule has 20 heavy (non-hydrogen) atoms. The average Bonchev–Trinajstić information content (AvgIpc) is 2.43. The molecule has 1 aromatic rings. The number of likely N-dealkylation sites (N-methyl/N-ethyl adjacent to an activating group) is 1. The molecule has 0 N–H and O–H groups in total. The summed E-state index contributed by atoms with van der Waals surface area (Å²) in [6.45, 7) is 10.1. The van der Waals surface area contributed by atoms with Crippen molar-refractivity contribution in [2.45, 2.75) is 13.5 Å². The van der Waals surface area contributed by atoms with E-state index in [9.17, 15) is 4.39 Å². The molecule has 0 radical (unpaired) electrons. The predicted octanol–water partition coefficient (Wildman–Crippen LogP) is 2.63. The van der Waals surface area contributed by atoms with Crippen LogP contribution in [-0.4, -0.2) is 49.7 Å². The van der Waals surface area contributed by atoms with Crippen molar-refractivity contribution in [3.63, 3.8) is 0 Å². The Morgan fingerprint density at radius 1 is 1.35 bits per heavy atom. The van der Waals surface area contributed by atoms with Gasteiger partial charge in [-0.3, -0.25) is 9.89 Å². The lowest BCUT2D eigenvalue weighted by Crippen LogP contribution is -2.44. The molecule has 0 saturated carbocycles. The van der Waals surface area contributed by atoms with Gasteiger partial charge < -0.3 is 4.90 Å². The maximum Gasteiger partial charge on any atom is 0.128 e. The number of rotatable bonds is 4. The lowest BCUT2D eigenvalue weighted by molar-refractivity contribution is 0.147. The second-order valence-electron chi connectivity index (χ2n) is 5.38. The average molecular weight is 275 g/mol. The first kappa shape index (κ1) is 14.9. The fourth-order valence-corrected chi connectivity index (χ4v) is 2.38. The number of allylic oxidation sites excluding steroid dienone is 1. The Morgan fingerprint density at radius 2 is 2.05 bits per heavy atom. The van der Waals surface area contributed by atoms with Gasteiger partial charge in [-0.05, 0) is 37.9 Å². The largest absolute Gasteiger partial charge is 0.304 e. The van der Waals surface area contributed by atoms with Gasteiger partial charge in [0.2, 0.25) is 0 Å². The van der Waals surface area contributed by atoms with E-state index in [0.717, 1.165) is 42.9 Å². The number of halogens is 1. The predicted molar refractivity (Wildman–Crippen MR) is 82.4 cm³/mol. The minimum Gasteiger partial charge on any atom is -0.304 e. The number of hydrogen-bond acceptors (Lipinski definition) is 3. The first-order chi connectivity index (χ1) is 9.60. The van der Waals surface area contributed by atoms with Gasteiger partial charge in [-0.1, -0.05) is 12.1 Å². The van der Waals surface area contributed by atoms with Crippen molar-refractivity contribution in [1.29, 1.82) is 0 Å². The molecule has 0 atom stereocenters. The van der Waals surface area contributed by atoms with E-state index in [1.165, 1.54) is 0 Å². The van der Waals surface area contributed by atoms with Crippen LogP contribution in [0.1, 0.15) is 18.1 Å². The second-order valence-corrected chi connectivity index (χ2v) is 5.38. The summed E-state index contributed by atoms with van der Waals surface area (Å²) in [6, 6.07) is 5.41. The lowest BCUT2D eigenvalue weighted by Gasteiger charge is -2.32. The fourth-order valence-electron chi connectivity index (χ4n) is 2.38. The molecule has 1 heterocycles. The van der Waals surface area contributed by atoms with Crippen LogP contribution in [0.15, 0.2) is 29.4 Å². The van der Waals surface area contributed by atoms with Crippen LogP contribution >= 0.6 is 0 Å². The van der Waals surface area contributed by atoms with Crippen molar-refractivity contribution in [3.8, 4) is 0 Å². The zero-order chi connectivity index (χ0) is 14.5. The molecule has 0 spiro atoms. The Morgan fingerprint density at radius 3 is 2.65 bits per heavy atom. The van der Waals surface area contributed by atoms with Crippen molar-refractivity contribution in [2.24, 2.45) is 4.99 Å². The molecule has 0 aliphatic carbocycles. The van der Waals surface area contributed by atoms with E-state index in [0.29, 0.717) is 6.54 Å². The van der Waals surface area contributed by atoms with Crippen molar-refractivity contribution in [3.05, 3.63) is 41.3 Å². The Kier molecular flexibility index (Phi) is 5.04. The van der Waals surface area contributed by atoms with E-state index in [2.05, 4.69) is 28.6 Å². The molecule has 4 heteroatoms. The molecule has 0 aromatic heterocycles. The molecular weight excluding hydrogens is 253 g/mol. The molecule has 1 aromatic carbocycles. The van der Waals surface area contributed by atoms with E-state index in [4.69, 9.17) is 0 Å². The minimum absolute atomic E-state index is 0.141. The van der Waals surface area contributed by atoms with Crippen LogP contribution in [0, 0.1) is 5.82 Å². The van der Waals surface area contributed by atoms with Crippen molar-refractivity contribution < 1.29 is 4.39 Å². The van der Waals surface area contributed by atoms with Crippen LogP contribution in [0.2, 0.25) is 0 Å². The number of nitrogens with zero attached hydrogens (tertiary/aromatic N) is 3. The maximum absolute atomic E-state index is 14.2. The van der Waals surface area contributed by atoms with Crippen molar-refractivity contribution >= 4 is 12.3 Å². The maximum atomic E-state index is 14.2. The monoisotopic (exact) mass is 275 g/mol. The molecular formula is C16H22FN3. The van der Waals surface area contributed by atoms with Crippen molar-refractivity contribution in [1.82, 2.24) is 9.80 Å². The molecule has 0 unspecified atom stereocenters. The number of piperazine rings is 1. The van der Waals surface area contributed by atoms with E-state index in [1.807, 2.05) is 19.1 Å². The highest BCUT2D eigenvalue weighted by Crippen LogP contribution is 2.19. The third-order valence-electron chi connectivity index (χ3n) is 3.78. The summed E-state index contributed by atoms with van der Waals surface area (Å²) < 4.78 is 14.2. The summed E-state index contributed by atoms with van der Waals surface area (Å²) in [6.07, 6.45) is 1.65. The quantitative estimate of drug-likeness (QED) is 0.787. The SMILES string of the molecule is C=N/C=C(\C)c1ccc(CN2CCN(C)CC2)c(F)c1. The topological polar surface area (TPSA) is 18.8 Å². The van der Waals surface area contributed by atoms with Gasteiger partial charge in [-0.25, -0.2) is 4.39 Å². The van der Waals surface area contributed by atoms with Gasteiger partial charge in [0.15, 0.2) is 0 Å². The summed E-state index contributed by atoms with van der Waals surface area (Å²) in [5.41, 5.74) is 2.54. The van der Waals surface area contributed by atoms with Gasteiger partial charge in [-0.15, -0.1) is 0 Å². The van der Waals surface area contributed by atoms with Crippen LogP contribution in [0.3, 0.4) is 0 Å². The molecule has 108 valence electrons. The van der Waals surface area contributed by atoms with Gasteiger partial charge in [-0.2, -0.15) is 0 Å². The highest BCUT2D eigenvalue weighted by molar-refractivity contribution is 5.64. The second kappa shape index (κ2) is 6.77. The number of benzene rings is 1. The van der Waals surface area contributed by atoms with E-state index in [1.54, 1.807) is 12.3 Å². The van der Waals surface area contributed by atoms with E-state index >= 15 is 0 Å². The summed E-state index contributed by atoms with van der Waals surface area (Å²) >= 11 is 0. The smallest absolute Gasteiger partial charge is 0.128 e. The molecule has 0 bridgehead atoms. The van der Waals surface area contributed by atoms with Gasteiger partial charge in [0.1, 0.15) is 5.82 Å². The zero-order valence-electron chi connectivity index (χ0n) is 12.3. The third kappa shape index (κ3) is 3.74. The summed E-state index contributed by atoms with van der Waals surface area (Å²) in [7, 11) is 2.12. The molecule has 1 aliphatic rings. The van der Waals surface area contributed by atoms with Gasteiger partial charge in [0.05, 0.1) is 0 Å². The van der Waals surface area contributed by atoms with Crippen LogP contribution in [-0.2, 0) is 6.54 Å². The molecule has 1 aliphatic heterocycles. The van der Waals surface area contributed by atoms with Gasteiger partial charge in [0.25, 0.3) is 0 Å². The third-order valence-corrected chi connectivity index (χ3v) is 3.78. The summed E-state index contributed by atoms with van der Waals surface area (Å²) in [5, 5.41) is 0. The van der Waals surface area contributed by atoms with E-state index in [-0.39, 0.29) is 5.82 Å². The fraction of sp³-hybridized carbons (Fsp3) is 0.438. The lowest BCUT2D eigenvalue weighted by atomic mass is 10.0. The highest BCUT2D eigenvalue weighted by Gasteiger charge is 2.15. The van der Waals surface area contributed by atoms with Crippen LogP contribution in [0.5, 0.6) is 0 Å². The first-order valence-corrected chi connectivity index (χ1v) is 6.92. The molecule has 0 amide bonds. The Balaban J connectivity index is 2.06. The highest BCUT2D eigenvalue weighted by atomic mass is 19.1. The molecule has 2 rings (SSSR count). The Hall–Kier alpha value is -1.52. The number of aliphatic imine (C=N–C) groups is 1. The van der Waals surface area contributed by atoms with Gasteiger partial charge >= 0.3 is 0 Å². The Bertz CT molecular complexity index is 502. The Labute approximate surface area is 120 Å². The minimum atomic E-state index is -0.141. The molecule has 1 saturated heterocycles. The number of hydrogen-bond donors (Lipinski definition) is 0. The van der Waals surface area contributed by atoms with Crippen molar-refractivity contribution in [2.75, 3.05) is 33.2 Å². The zero-order valence-corrected chi connectivity index (χ0v) is 12.3. The summed E-state index contributed by atoms with van der Waals surface area (Å²) in [4.78, 5) is 8.31. The van der Waals surface area contributed by atoms with Gasteiger partial charge in [0, 0.05) is 44.5 Å². The van der Waals surface area contributed by atoms with Crippen LogP contribution < -0.4 is 0 Å². The normalized spacial score (nSPS) is 18.2. The molecule has 3 nitrogen and oxygen atoms in total. The van der Waals surface area contributed by atoms with E-state index < -0.39 is 0 Å². The van der Waals surface area contributed by atoms with Crippen LogP contribution in [0.25, 0.3) is 5.57 Å². The molecule has 1 fully saturated rings. The van der Waals surface area contributed by atoms with Crippen LogP contribution in [0.4, 0.5) is 4.39 Å². The first-order valence-electron chi connectivity index (χ1n) is 6.92. The summed E-state index contributed by atoms with van der Waals surface area (Å²) in [5.74, 6) is -0.141.